The third-order valence-corrected chi connectivity index (χ3v) is 4.24. The molecule has 2 rings (SSSR count). The van der Waals surface area contributed by atoms with Gasteiger partial charge in [-0.2, -0.15) is 0 Å². The summed E-state index contributed by atoms with van der Waals surface area (Å²) < 4.78 is 0. The molecule has 1 saturated carbocycles. The van der Waals surface area contributed by atoms with Crippen molar-refractivity contribution in [1.82, 2.24) is 10.2 Å². The van der Waals surface area contributed by atoms with Gasteiger partial charge in [-0.15, -0.1) is 0 Å². The number of rotatable bonds is 4. The first-order valence-electron chi connectivity index (χ1n) is 7.39. The smallest absolute Gasteiger partial charge is 0.240 e. The van der Waals surface area contributed by atoms with Crippen molar-refractivity contribution in [3.63, 3.8) is 0 Å². The molecule has 1 unspecified atom stereocenters. The highest BCUT2D eigenvalue weighted by molar-refractivity contribution is 5.86. The maximum Gasteiger partial charge on any atom is 0.240 e. The number of nitrogens with two attached hydrogens (primary N) is 1. The van der Waals surface area contributed by atoms with E-state index in [-0.39, 0.29) is 17.9 Å². The zero-order valence-electron chi connectivity index (χ0n) is 11.8. The van der Waals surface area contributed by atoms with Crippen LogP contribution in [0.1, 0.15) is 51.9 Å². The van der Waals surface area contributed by atoms with Crippen molar-refractivity contribution in [2.45, 2.75) is 63.5 Å². The van der Waals surface area contributed by atoms with Crippen molar-refractivity contribution in [3.05, 3.63) is 0 Å². The second kappa shape index (κ2) is 5.90. The average Bonchev–Trinajstić information content (AvgIpc) is 2.76. The monoisotopic (exact) mass is 267 g/mol. The fraction of sp³-hybridized carbons (Fsp3) is 0.857. The Kier molecular flexibility index (Phi) is 4.45. The molecule has 108 valence electrons. The van der Waals surface area contributed by atoms with Gasteiger partial charge in [0.05, 0.1) is 5.54 Å². The Morgan fingerprint density at radius 1 is 1.37 bits per heavy atom. The fourth-order valence-corrected chi connectivity index (χ4v) is 3.05. The Bertz CT molecular complexity index is 351. The molecule has 0 aromatic rings. The van der Waals surface area contributed by atoms with Crippen LogP contribution in [0.5, 0.6) is 0 Å². The van der Waals surface area contributed by atoms with E-state index >= 15 is 0 Å². The number of carbonyl (C=O) groups excluding carboxylic acids is 2. The Hall–Kier alpha value is -1.10. The molecule has 0 bridgehead atoms. The summed E-state index contributed by atoms with van der Waals surface area (Å²) in [6.07, 6.45) is 6.35. The molecule has 1 atom stereocenters. The number of carbonyl (C=O) groups is 2. The fourth-order valence-electron chi connectivity index (χ4n) is 3.05. The molecule has 19 heavy (non-hydrogen) atoms. The minimum absolute atomic E-state index is 0.0306. The number of amides is 2. The third kappa shape index (κ3) is 3.47. The van der Waals surface area contributed by atoms with E-state index in [9.17, 15) is 9.59 Å². The number of hydrogen-bond donors (Lipinski definition) is 2. The van der Waals surface area contributed by atoms with Gasteiger partial charge in [-0.05, 0) is 26.2 Å². The number of likely N-dealkylation sites (tertiary alicyclic amines) is 1. The van der Waals surface area contributed by atoms with Crippen LogP contribution in [-0.2, 0) is 9.59 Å². The summed E-state index contributed by atoms with van der Waals surface area (Å²) in [4.78, 5) is 25.6. The first-order valence-corrected chi connectivity index (χ1v) is 7.39. The molecule has 1 aliphatic carbocycles. The van der Waals surface area contributed by atoms with E-state index < -0.39 is 5.54 Å². The lowest BCUT2D eigenvalue weighted by Crippen LogP contribution is -2.58. The predicted octanol–water partition coefficient (Wildman–Crippen LogP) is 0.775. The van der Waals surface area contributed by atoms with Gasteiger partial charge in [-0.25, -0.2) is 0 Å². The Labute approximate surface area is 114 Å². The molecule has 5 heteroatoms. The second-order valence-corrected chi connectivity index (χ2v) is 6.03. The highest BCUT2D eigenvalue weighted by Gasteiger charge is 2.36. The molecule has 3 N–H and O–H groups in total. The van der Waals surface area contributed by atoms with Crippen LogP contribution in [0.4, 0.5) is 0 Å². The number of hydrogen-bond acceptors (Lipinski definition) is 3. The molecule has 2 fully saturated rings. The van der Waals surface area contributed by atoms with Crippen LogP contribution in [0.2, 0.25) is 0 Å². The van der Waals surface area contributed by atoms with Crippen molar-refractivity contribution in [3.8, 4) is 0 Å². The van der Waals surface area contributed by atoms with Gasteiger partial charge in [0.25, 0.3) is 0 Å². The van der Waals surface area contributed by atoms with Gasteiger partial charge in [0.2, 0.25) is 11.8 Å². The first kappa shape index (κ1) is 14.3. The average molecular weight is 267 g/mol. The van der Waals surface area contributed by atoms with E-state index in [0.717, 1.165) is 38.6 Å². The summed E-state index contributed by atoms with van der Waals surface area (Å²) >= 11 is 0. The zero-order valence-corrected chi connectivity index (χ0v) is 11.8. The van der Waals surface area contributed by atoms with E-state index in [4.69, 9.17) is 5.73 Å². The van der Waals surface area contributed by atoms with Crippen LogP contribution in [0, 0.1) is 0 Å². The van der Waals surface area contributed by atoms with E-state index in [0.29, 0.717) is 13.0 Å². The molecular weight excluding hydrogens is 242 g/mol. The Morgan fingerprint density at radius 3 is 2.63 bits per heavy atom. The summed E-state index contributed by atoms with van der Waals surface area (Å²) in [5.74, 6) is 0.146. The Balaban J connectivity index is 1.82. The zero-order chi connectivity index (χ0) is 13.9. The molecular formula is C14H25N3O2. The molecule has 1 saturated heterocycles. The van der Waals surface area contributed by atoms with Gasteiger partial charge in [0.15, 0.2) is 0 Å². The van der Waals surface area contributed by atoms with Crippen molar-refractivity contribution < 1.29 is 9.59 Å². The normalized spacial score (nSPS) is 24.3. The van der Waals surface area contributed by atoms with Crippen molar-refractivity contribution >= 4 is 11.8 Å². The topological polar surface area (TPSA) is 75.4 Å². The van der Waals surface area contributed by atoms with Crippen molar-refractivity contribution in [2.24, 2.45) is 5.73 Å². The van der Waals surface area contributed by atoms with Crippen molar-refractivity contribution in [2.75, 3.05) is 13.1 Å². The summed E-state index contributed by atoms with van der Waals surface area (Å²) in [5, 5.41) is 2.98. The van der Waals surface area contributed by atoms with Crippen LogP contribution < -0.4 is 11.1 Å². The van der Waals surface area contributed by atoms with Gasteiger partial charge in [0, 0.05) is 25.6 Å². The van der Waals surface area contributed by atoms with Gasteiger partial charge < -0.3 is 16.0 Å². The molecule has 2 amide bonds. The van der Waals surface area contributed by atoms with Crippen molar-refractivity contribution in [1.29, 1.82) is 0 Å². The lowest BCUT2D eigenvalue weighted by molar-refractivity contribution is -0.131. The number of nitrogens with one attached hydrogen (secondary N) is 1. The Morgan fingerprint density at radius 2 is 2.05 bits per heavy atom. The summed E-state index contributed by atoms with van der Waals surface area (Å²) in [6.45, 7) is 3.35. The van der Waals surface area contributed by atoms with Crippen LogP contribution in [0.25, 0.3) is 0 Å². The standard InChI is InChI=1S/C14H25N3O2/c1-11(10-17-9-5-6-12(17)18)16-13(19)14(15)7-3-2-4-8-14/h11H,2-10,15H2,1H3,(H,16,19). The van der Waals surface area contributed by atoms with Crippen LogP contribution in [0.3, 0.4) is 0 Å². The third-order valence-electron chi connectivity index (χ3n) is 4.24. The SMILES string of the molecule is CC(CN1CCCC1=O)NC(=O)C1(N)CCCCC1. The highest BCUT2D eigenvalue weighted by Crippen LogP contribution is 2.26. The molecule has 0 spiro atoms. The quantitative estimate of drug-likeness (QED) is 0.790. The first-order chi connectivity index (χ1) is 9.01. The van der Waals surface area contributed by atoms with Gasteiger partial charge >= 0.3 is 0 Å². The van der Waals surface area contributed by atoms with E-state index in [2.05, 4.69) is 5.32 Å². The summed E-state index contributed by atoms with van der Waals surface area (Å²) in [7, 11) is 0. The molecule has 0 aromatic heterocycles. The molecule has 5 nitrogen and oxygen atoms in total. The van der Waals surface area contributed by atoms with Gasteiger partial charge in [-0.1, -0.05) is 19.3 Å². The van der Waals surface area contributed by atoms with Crippen LogP contribution >= 0.6 is 0 Å². The molecule has 0 aromatic carbocycles. The van der Waals surface area contributed by atoms with E-state index in [1.165, 1.54) is 6.42 Å². The van der Waals surface area contributed by atoms with Gasteiger partial charge in [0.1, 0.15) is 0 Å². The largest absolute Gasteiger partial charge is 0.350 e. The van der Waals surface area contributed by atoms with E-state index in [1.807, 2.05) is 11.8 Å². The molecule has 1 heterocycles. The lowest BCUT2D eigenvalue weighted by Gasteiger charge is -2.33. The van der Waals surface area contributed by atoms with Gasteiger partial charge in [-0.3, -0.25) is 9.59 Å². The molecule has 0 radical (unpaired) electrons. The number of nitrogens with zero attached hydrogens (tertiary/aromatic N) is 1. The molecule has 2 aliphatic rings. The minimum atomic E-state index is -0.693. The van der Waals surface area contributed by atoms with E-state index in [1.54, 1.807) is 0 Å². The maximum atomic E-state index is 12.2. The van der Waals surface area contributed by atoms with Crippen LogP contribution in [0.15, 0.2) is 0 Å². The summed E-state index contributed by atoms with van der Waals surface area (Å²) in [6, 6.07) is -0.0306. The lowest BCUT2D eigenvalue weighted by atomic mass is 9.82. The molecule has 1 aliphatic heterocycles. The minimum Gasteiger partial charge on any atom is -0.350 e. The predicted molar refractivity (Wildman–Crippen MR) is 73.4 cm³/mol. The van der Waals surface area contributed by atoms with Crippen LogP contribution in [-0.4, -0.2) is 41.4 Å². The maximum absolute atomic E-state index is 12.2. The second-order valence-electron chi connectivity index (χ2n) is 6.03. The summed E-state index contributed by atoms with van der Waals surface area (Å²) in [5.41, 5.74) is 5.50. The highest BCUT2D eigenvalue weighted by atomic mass is 16.2.